The Morgan fingerprint density at radius 2 is 1.97 bits per heavy atom. The van der Waals surface area contributed by atoms with Crippen molar-refractivity contribution >= 4 is 34.6 Å². The number of imidazole rings is 1. The molecule has 2 heterocycles. The van der Waals surface area contributed by atoms with Crippen molar-refractivity contribution in [2.75, 3.05) is 19.0 Å². The fourth-order valence-electron chi connectivity index (χ4n) is 3.92. The van der Waals surface area contributed by atoms with E-state index in [0.717, 1.165) is 41.9 Å². The van der Waals surface area contributed by atoms with E-state index in [-0.39, 0.29) is 0 Å². The van der Waals surface area contributed by atoms with Crippen LogP contribution in [-0.4, -0.2) is 38.2 Å². The van der Waals surface area contributed by atoms with Crippen molar-refractivity contribution in [2.24, 2.45) is 0 Å². The summed E-state index contributed by atoms with van der Waals surface area (Å²) in [6.45, 7) is 2.07. The summed E-state index contributed by atoms with van der Waals surface area (Å²) in [5.41, 5.74) is 4.80. The quantitative estimate of drug-likeness (QED) is 0.264. The number of anilines is 1. The van der Waals surface area contributed by atoms with Crippen LogP contribution in [0, 0.1) is 11.3 Å². The lowest BCUT2D eigenvalue weighted by atomic mass is 10.1. The molecule has 9 heteroatoms. The molecule has 37 heavy (non-hydrogen) atoms. The van der Waals surface area contributed by atoms with Gasteiger partial charge in [-0.25, -0.2) is 9.97 Å². The van der Waals surface area contributed by atoms with Gasteiger partial charge in [-0.2, -0.15) is 5.26 Å². The summed E-state index contributed by atoms with van der Waals surface area (Å²) < 4.78 is 7.28. The highest BCUT2D eigenvalue weighted by molar-refractivity contribution is 7.80. The summed E-state index contributed by atoms with van der Waals surface area (Å²) >= 11 is 12.0. The van der Waals surface area contributed by atoms with Gasteiger partial charge in [0.2, 0.25) is 5.88 Å². The van der Waals surface area contributed by atoms with Crippen LogP contribution >= 0.6 is 23.8 Å². The van der Waals surface area contributed by atoms with Crippen molar-refractivity contribution in [2.45, 2.75) is 25.9 Å². The number of aromatic nitrogens is 3. The van der Waals surface area contributed by atoms with Gasteiger partial charge < -0.3 is 19.5 Å². The van der Waals surface area contributed by atoms with Gasteiger partial charge in [0.05, 0.1) is 37.0 Å². The monoisotopic (exact) mass is 530 g/mol. The maximum Gasteiger partial charge on any atom is 0.213 e. The Bertz CT molecular complexity index is 1360. The zero-order valence-electron chi connectivity index (χ0n) is 20.5. The second-order valence-corrected chi connectivity index (χ2v) is 9.32. The van der Waals surface area contributed by atoms with E-state index < -0.39 is 0 Å². The highest BCUT2D eigenvalue weighted by atomic mass is 35.5. The van der Waals surface area contributed by atoms with Gasteiger partial charge in [-0.15, -0.1) is 0 Å². The standard InChI is InChI=1S/C28H27ClN6OS/c1-36-27-12-11-25(16-32-27)33-28(37)34(19-23-4-2-5-24(29)14-23)13-3-6-26-17-31-20-35(26)18-22-9-7-21(15-30)8-10-22/h2,4-5,7-12,14,16-17,20H,3,6,13,18-19H2,1H3,(H,33,37). The first kappa shape index (κ1) is 26.1. The lowest BCUT2D eigenvalue weighted by Gasteiger charge is -2.26. The molecule has 0 aliphatic carbocycles. The van der Waals surface area contributed by atoms with Crippen LogP contribution in [0.3, 0.4) is 0 Å². The number of halogens is 1. The minimum atomic E-state index is 0.546. The number of benzene rings is 2. The highest BCUT2D eigenvalue weighted by Gasteiger charge is 2.13. The van der Waals surface area contributed by atoms with E-state index in [9.17, 15) is 0 Å². The number of hydrogen-bond acceptors (Lipinski definition) is 5. The lowest BCUT2D eigenvalue weighted by Crippen LogP contribution is -2.35. The second kappa shape index (κ2) is 12.9. The maximum atomic E-state index is 9.02. The summed E-state index contributed by atoms with van der Waals surface area (Å²) in [4.78, 5) is 10.7. The van der Waals surface area contributed by atoms with E-state index >= 15 is 0 Å². The summed E-state index contributed by atoms with van der Waals surface area (Å²) in [6.07, 6.45) is 7.17. The van der Waals surface area contributed by atoms with Crippen LogP contribution in [0.4, 0.5) is 5.69 Å². The van der Waals surface area contributed by atoms with Gasteiger partial charge in [0, 0.05) is 42.6 Å². The van der Waals surface area contributed by atoms with Gasteiger partial charge in [-0.3, -0.25) is 0 Å². The molecule has 1 N–H and O–H groups in total. The predicted molar refractivity (Wildman–Crippen MR) is 150 cm³/mol. The zero-order valence-corrected chi connectivity index (χ0v) is 22.0. The van der Waals surface area contributed by atoms with Gasteiger partial charge in [-0.05, 0) is 66.5 Å². The topological polar surface area (TPSA) is 79.0 Å². The molecule has 188 valence electrons. The molecule has 0 amide bonds. The fourth-order valence-corrected chi connectivity index (χ4v) is 4.40. The van der Waals surface area contributed by atoms with E-state index in [4.69, 9.17) is 33.8 Å². The van der Waals surface area contributed by atoms with Gasteiger partial charge in [0.25, 0.3) is 0 Å². The van der Waals surface area contributed by atoms with Crippen molar-refractivity contribution in [3.05, 3.63) is 107 Å². The number of methoxy groups -OCH3 is 1. The predicted octanol–water partition coefficient (Wildman–Crippen LogP) is 5.69. The molecule has 0 saturated carbocycles. The number of rotatable bonds is 10. The SMILES string of the molecule is COc1ccc(NC(=S)N(CCCc2cncn2Cc2ccc(C#N)cc2)Cc2cccc(Cl)c2)cn1. The Hall–Kier alpha value is -3.93. The lowest BCUT2D eigenvalue weighted by molar-refractivity contribution is 0.398. The van der Waals surface area contributed by atoms with Crippen molar-refractivity contribution in [1.29, 1.82) is 5.26 Å². The number of aryl methyl sites for hydroxylation is 1. The van der Waals surface area contributed by atoms with Gasteiger partial charge in [-0.1, -0.05) is 35.9 Å². The third kappa shape index (κ3) is 7.53. The Kier molecular flexibility index (Phi) is 9.08. The third-order valence-corrected chi connectivity index (χ3v) is 6.44. The van der Waals surface area contributed by atoms with Crippen LogP contribution in [-0.2, 0) is 19.5 Å². The van der Waals surface area contributed by atoms with Crippen molar-refractivity contribution in [3.8, 4) is 11.9 Å². The Morgan fingerprint density at radius 3 is 2.68 bits per heavy atom. The average molecular weight is 531 g/mol. The van der Waals surface area contributed by atoms with Crippen LogP contribution in [0.15, 0.2) is 79.4 Å². The molecular formula is C28H27ClN6OS. The minimum absolute atomic E-state index is 0.546. The third-order valence-electron chi connectivity index (χ3n) is 5.84. The van der Waals surface area contributed by atoms with E-state index in [1.165, 1.54) is 0 Å². The maximum absolute atomic E-state index is 9.02. The van der Waals surface area contributed by atoms with Crippen LogP contribution in [0.25, 0.3) is 0 Å². The van der Waals surface area contributed by atoms with Crippen LogP contribution in [0.5, 0.6) is 5.88 Å². The van der Waals surface area contributed by atoms with Gasteiger partial charge in [0.15, 0.2) is 5.11 Å². The summed E-state index contributed by atoms with van der Waals surface area (Å²) in [5.74, 6) is 0.546. The first-order chi connectivity index (χ1) is 18.0. The normalized spacial score (nSPS) is 10.5. The largest absolute Gasteiger partial charge is 0.481 e. The Balaban J connectivity index is 1.41. The number of hydrogen-bond donors (Lipinski definition) is 1. The minimum Gasteiger partial charge on any atom is -0.481 e. The number of nitrogens with one attached hydrogen (secondary N) is 1. The second-order valence-electron chi connectivity index (χ2n) is 8.50. The van der Waals surface area contributed by atoms with Crippen molar-refractivity contribution in [1.82, 2.24) is 19.4 Å². The van der Waals surface area contributed by atoms with Crippen molar-refractivity contribution < 1.29 is 4.74 Å². The highest BCUT2D eigenvalue weighted by Crippen LogP contribution is 2.17. The molecule has 2 aromatic heterocycles. The summed E-state index contributed by atoms with van der Waals surface area (Å²) in [6, 6.07) is 21.3. The fraction of sp³-hybridized carbons (Fsp3) is 0.214. The number of pyridine rings is 1. The van der Waals surface area contributed by atoms with Gasteiger partial charge >= 0.3 is 0 Å². The molecule has 0 fully saturated rings. The number of nitriles is 1. The first-order valence-corrected chi connectivity index (χ1v) is 12.6. The average Bonchev–Trinajstić information content (AvgIpc) is 3.35. The molecule has 0 unspecified atom stereocenters. The smallest absolute Gasteiger partial charge is 0.213 e. The molecule has 0 radical (unpaired) electrons. The Labute approximate surface area is 227 Å². The number of nitrogens with zero attached hydrogens (tertiary/aromatic N) is 5. The Morgan fingerprint density at radius 1 is 1.14 bits per heavy atom. The van der Waals surface area contributed by atoms with Crippen LogP contribution in [0.1, 0.15) is 28.8 Å². The van der Waals surface area contributed by atoms with Crippen LogP contribution in [0.2, 0.25) is 5.02 Å². The zero-order chi connectivity index (χ0) is 26.0. The van der Waals surface area contributed by atoms with E-state index in [0.29, 0.717) is 34.7 Å². The van der Waals surface area contributed by atoms with Crippen LogP contribution < -0.4 is 10.1 Å². The summed E-state index contributed by atoms with van der Waals surface area (Å²) in [5, 5.41) is 13.6. The summed E-state index contributed by atoms with van der Waals surface area (Å²) in [7, 11) is 1.59. The van der Waals surface area contributed by atoms with Crippen molar-refractivity contribution in [3.63, 3.8) is 0 Å². The molecule has 2 aromatic carbocycles. The van der Waals surface area contributed by atoms with E-state index in [1.54, 1.807) is 19.4 Å². The molecular weight excluding hydrogens is 504 g/mol. The molecule has 7 nitrogen and oxygen atoms in total. The molecule has 4 aromatic rings. The molecule has 0 saturated heterocycles. The number of ether oxygens (including phenoxy) is 1. The first-order valence-electron chi connectivity index (χ1n) is 11.8. The van der Waals surface area contributed by atoms with E-state index in [1.807, 2.05) is 67.1 Å². The molecule has 0 aliphatic rings. The molecule has 4 rings (SSSR count). The molecule has 0 atom stereocenters. The van der Waals surface area contributed by atoms with E-state index in [2.05, 4.69) is 30.8 Å². The molecule has 0 bridgehead atoms. The molecule has 0 aliphatic heterocycles. The molecule has 0 spiro atoms. The van der Waals surface area contributed by atoms with Gasteiger partial charge in [0.1, 0.15) is 0 Å². The number of thiocarbonyl (C=S) groups is 1.